The molecular weight excluding hydrogens is 524 g/mol. The summed E-state index contributed by atoms with van der Waals surface area (Å²) in [4.78, 5) is 36.4. The summed E-state index contributed by atoms with van der Waals surface area (Å²) in [6.45, 7) is 3.73. The first-order valence-electron chi connectivity index (χ1n) is 16.0. The molecule has 0 saturated heterocycles. The SMILES string of the molecule is CCCCCCCCCC(=O)OC[C@H](CO)OC(=O)CCC/C=C\C[C@H]1[C@@H](O)CC(=O)[C@@H]1/C=C/[C@@H](O)CCCCC. The second-order valence-corrected chi connectivity index (χ2v) is 11.3. The summed E-state index contributed by atoms with van der Waals surface area (Å²) >= 11 is 0. The molecule has 0 aliphatic heterocycles. The van der Waals surface area contributed by atoms with Gasteiger partial charge in [0.25, 0.3) is 0 Å². The molecule has 41 heavy (non-hydrogen) atoms. The molecule has 1 fully saturated rings. The van der Waals surface area contributed by atoms with Crippen LogP contribution in [0.3, 0.4) is 0 Å². The topological polar surface area (TPSA) is 130 Å². The highest BCUT2D eigenvalue weighted by atomic mass is 16.6. The van der Waals surface area contributed by atoms with Gasteiger partial charge < -0.3 is 24.8 Å². The summed E-state index contributed by atoms with van der Waals surface area (Å²) in [6, 6.07) is 0. The van der Waals surface area contributed by atoms with Gasteiger partial charge in [0, 0.05) is 31.1 Å². The Morgan fingerprint density at radius 1 is 0.927 bits per heavy atom. The Bertz CT molecular complexity index is 777. The maximum atomic E-state index is 12.4. The molecule has 1 aliphatic carbocycles. The zero-order valence-electron chi connectivity index (χ0n) is 25.5. The first kappa shape index (κ1) is 37.0. The standard InChI is InChI=1S/C33H56O8/c1-3-5-7-8-9-10-15-19-32(38)40-25-27(24-34)41-33(39)20-16-12-11-14-18-28-29(31(37)23-30(28)36)22-21-26(35)17-13-6-4-2/h11,14,21-22,26-30,34-36H,3-10,12-13,15-20,23-25H2,1-2H3/b14-11-,22-21+/t26-,27-,28+,29+,30-/m0/s1. The fourth-order valence-corrected chi connectivity index (χ4v) is 5.06. The van der Waals surface area contributed by atoms with E-state index in [2.05, 4.69) is 13.8 Å². The van der Waals surface area contributed by atoms with Crippen LogP contribution >= 0.6 is 0 Å². The van der Waals surface area contributed by atoms with E-state index in [1.807, 2.05) is 12.2 Å². The third-order valence-electron chi connectivity index (χ3n) is 7.62. The van der Waals surface area contributed by atoms with Gasteiger partial charge in [-0.2, -0.15) is 0 Å². The Morgan fingerprint density at radius 2 is 1.59 bits per heavy atom. The van der Waals surface area contributed by atoms with Crippen LogP contribution in [0.4, 0.5) is 0 Å². The number of Topliss-reactive ketones (excluding diaryl/α,β-unsaturated/α-hetero) is 1. The van der Waals surface area contributed by atoms with E-state index in [-0.39, 0.29) is 37.1 Å². The number of carbonyl (C=O) groups excluding carboxylic acids is 3. The second kappa shape index (κ2) is 23.5. The maximum absolute atomic E-state index is 12.4. The molecule has 0 amide bonds. The van der Waals surface area contributed by atoms with Crippen molar-refractivity contribution in [3.05, 3.63) is 24.3 Å². The molecule has 1 saturated carbocycles. The van der Waals surface area contributed by atoms with Crippen LogP contribution in [0, 0.1) is 11.8 Å². The van der Waals surface area contributed by atoms with E-state index in [9.17, 15) is 29.7 Å². The van der Waals surface area contributed by atoms with Crippen LogP contribution in [0.5, 0.6) is 0 Å². The highest BCUT2D eigenvalue weighted by Gasteiger charge is 2.39. The van der Waals surface area contributed by atoms with Gasteiger partial charge in [-0.25, -0.2) is 0 Å². The molecule has 0 aromatic rings. The molecule has 1 rings (SSSR count). The molecule has 0 radical (unpaired) electrons. The van der Waals surface area contributed by atoms with Crippen molar-refractivity contribution < 1.29 is 39.2 Å². The Labute approximate surface area is 247 Å². The minimum atomic E-state index is -0.868. The van der Waals surface area contributed by atoms with Gasteiger partial charge in [-0.3, -0.25) is 14.4 Å². The van der Waals surface area contributed by atoms with Crippen molar-refractivity contribution in [2.75, 3.05) is 13.2 Å². The van der Waals surface area contributed by atoms with Crippen molar-refractivity contribution in [1.29, 1.82) is 0 Å². The maximum Gasteiger partial charge on any atom is 0.306 e. The van der Waals surface area contributed by atoms with Gasteiger partial charge in [-0.1, -0.05) is 95.9 Å². The molecule has 0 aromatic heterocycles. The summed E-state index contributed by atoms with van der Waals surface area (Å²) in [5.74, 6) is -1.42. The molecule has 5 atom stereocenters. The number of unbranched alkanes of at least 4 members (excludes halogenated alkanes) is 9. The summed E-state index contributed by atoms with van der Waals surface area (Å²) in [5.41, 5.74) is 0. The number of ether oxygens (including phenoxy) is 2. The summed E-state index contributed by atoms with van der Waals surface area (Å²) in [7, 11) is 0. The van der Waals surface area contributed by atoms with Crippen molar-refractivity contribution in [3.63, 3.8) is 0 Å². The van der Waals surface area contributed by atoms with Crippen LogP contribution in [0.25, 0.3) is 0 Å². The van der Waals surface area contributed by atoms with Gasteiger partial charge in [0.15, 0.2) is 6.10 Å². The number of carbonyl (C=O) groups is 3. The molecule has 0 heterocycles. The summed E-state index contributed by atoms with van der Waals surface area (Å²) in [6.07, 6.45) is 19.0. The van der Waals surface area contributed by atoms with Crippen LogP contribution < -0.4 is 0 Å². The molecule has 0 spiro atoms. The molecule has 0 aromatic carbocycles. The Morgan fingerprint density at radius 3 is 2.29 bits per heavy atom. The van der Waals surface area contributed by atoms with E-state index >= 15 is 0 Å². The number of aliphatic hydroxyl groups excluding tert-OH is 3. The second-order valence-electron chi connectivity index (χ2n) is 11.3. The molecule has 3 N–H and O–H groups in total. The number of hydrogen-bond donors (Lipinski definition) is 3. The Balaban J connectivity index is 2.27. The lowest BCUT2D eigenvalue weighted by atomic mass is 9.90. The Hall–Kier alpha value is -2.03. The monoisotopic (exact) mass is 580 g/mol. The fourth-order valence-electron chi connectivity index (χ4n) is 5.06. The van der Waals surface area contributed by atoms with Crippen molar-refractivity contribution in [2.45, 2.75) is 141 Å². The fraction of sp³-hybridized carbons (Fsp3) is 0.788. The number of rotatable bonds is 24. The third kappa shape index (κ3) is 17.5. The lowest BCUT2D eigenvalue weighted by Gasteiger charge is -2.17. The van der Waals surface area contributed by atoms with E-state index in [4.69, 9.17) is 9.47 Å². The number of hydrogen-bond acceptors (Lipinski definition) is 8. The predicted molar refractivity (Wildman–Crippen MR) is 160 cm³/mol. The number of allylic oxidation sites excluding steroid dienone is 3. The quantitative estimate of drug-likeness (QED) is 0.0747. The minimum Gasteiger partial charge on any atom is -0.462 e. The van der Waals surface area contributed by atoms with Gasteiger partial charge in [0.05, 0.1) is 18.8 Å². The Kier molecular flexibility index (Phi) is 21.2. The lowest BCUT2D eigenvalue weighted by molar-refractivity contribution is -0.161. The van der Waals surface area contributed by atoms with Gasteiger partial charge in [0.2, 0.25) is 0 Å². The van der Waals surface area contributed by atoms with E-state index in [1.165, 1.54) is 25.7 Å². The van der Waals surface area contributed by atoms with Crippen LogP contribution in [-0.2, 0) is 23.9 Å². The molecule has 236 valence electrons. The average Bonchev–Trinajstić information content (AvgIpc) is 3.22. The molecule has 0 unspecified atom stereocenters. The average molecular weight is 581 g/mol. The molecule has 8 nitrogen and oxygen atoms in total. The van der Waals surface area contributed by atoms with Gasteiger partial charge in [-0.15, -0.1) is 0 Å². The van der Waals surface area contributed by atoms with Gasteiger partial charge >= 0.3 is 11.9 Å². The van der Waals surface area contributed by atoms with Gasteiger partial charge in [0.1, 0.15) is 12.4 Å². The molecular formula is C33H56O8. The van der Waals surface area contributed by atoms with Crippen molar-refractivity contribution in [2.24, 2.45) is 11.8 Å². The molecule has 1 aliphatic rings. The predicted octanol–water partition coefficient (Wildman–Crippen LogP) is 5.75. The van der Waals surface area contributed by atoms with Crippen LogP contribution in [0.1, 0.15) is 123 Å². The minimum absolute atomic E-state index is 0.00224. The highest BCUT2D eigenvalue weighted by molar-refractivity contribution is 5.86. The van der Waals surface area contributed by atoms with Crippen LogP contribution in [0.2, 0.25) is 0 Å². The highest BCUT2D eigenvalue weighted by Crippen LogP contribution is 2.33. The number of esters is 2. The van der Waals surface area contributed by atoms with E-state index in [0.29, 0.717) is 32.1 Å². The van der Waals surface area contributed by atoms with Crippen LogP contribution in [0.15, 0.2) is 24.3 Å². The normalized spacial score (nSPS) is 20.6. The smallest absolute Gasteiger partial charge is 0.306 e. The van der Waals surface area contributed by atoms with E-state index < -0.39 is 36.8 Å². The van der Waals surface area contributed by atoms with Crippen LogP contribution in [-0.4, -0.2) is 64.6 Å². The largest absolute Gasteiger partial charge is 0.462 e. The van der Waals surface area contributed by atoms with Crippen molar-refractivity contribution in [3.8, 4) is 0 Å². The number of ketones is 1. The van der Waals surface area contributed by atoms with E-state index in [1.54, 1.807) is 12.2 Å². The first-order valence-corrected chi connectivity index (χ1v) is 16.0. The molecule has 8 heteroatoms. The van der Waals surface area contributed by atoms with E-state index in [0.717, 1.165) is 38.5 Å². The summed E-state index contributed by atoms with van der Waals surface area (Å²) in [5, 5.41) is 30.0. The third-order valence-corrected chi connectivity index (χ3v) is 7.62. The lowest BCUT2D eigenvalue weighted by Crippen LogP contribution is -2.28. The summed E-state index contributed by atoms with van der Waals surface area (Å²) < 4.78 is 10.4. The first-order chi connectivity index (χ1) is 19.8. The molecule has 0 bridgehead atoms. The zero-order valence-corrected chi connectivity index (χ0v) is 25.5. The van der Waals surface area contributed by atoms with Crippen molar-refractivity contribution >= 4 is 17.7 Å². The van der Waals surface area contributed by atoms with Gasteiger partial charge in [-0.05, 0) is 32.1 Å². The zero-order chi connectivity index (χ0) is 30.3. The number of aliphatic hydroxyl groups is 3. The van der Waals surface area contributed by atoms with Crippen molar-refractivity contribution in [1.82, 2.24) is 0 Å².